The molecule has 9 heteroatoms. The molecular weight excluding hydrogens is 697 g/mol. The van der Waals surface area contributed by atoms with Gasteiger partial charge in [0.2, 0.25) is 5.60 Å². The van der Waals surface area contributed by atoms with Crippen molar-refractivity contribution in [1.82, 2.24) is 0 Å². The fraction of sp³-hybridized carbons (Fsp3) is 0.659. The summed E-state index contributed by atoms with van der Waals surface area (Å²) in [5.41, 5.74) is 4.05. The smallest absolute Gasteiger partial charge is 0.344 e. The molecule has 2 aliphatic heterocycles. The highest BCUT2D eigenvalue weighted by molar-refractivity contribution is 6.74. The van der Waals surface area contributed by atoms with Gasteiger partial charge in [0.1, 0.15) is 30.1 Å². The first-order valence-corrected chi connectivity index (χ1v) is 25.9. The molecular formula is C44H68O7Si2. The van der Waals surface area contributed by atoms with E-state index in [1.165, 1.54) is 0 Å². The van der Waals surface area contributed by atoms with Crippen LogP contribution in [0.3, 0.4) is 0 Å². The molecule has 0 N–H and O–H groups in total. The molecule has 3 aromatic rings. The van der Waals surface area contributed by atoms with Crippen LogP contribution in [0.4, 0.5) is 0 Å². The number of esters is 1. The number of ether oxygens (including phenoxy) is 3. The number of carbonyl (C=O) groups excluding carboxylic acids is 1. The normalized spacial score (nSPS) is 23.2. The quantitative estimate of drug-likeness (QED) is 0.0866. The minimum Gasteiger partial charge on any atom is -0.488 e. The summed E-state index contributed by atoms with van der Waals surface area (Å²) < 4.78 is 40.1. The molecule has 2 aliphatic rings. The zero-order valence-electron chi connectivity index (χ0n) is 35.2. The number of furan rings is 1. The zero-order chi connectivity index (χ0) is 39.1. The SMILES string of the molecule is CCCC(c1coc2c(CO[Si](C)(C)C(C)(C)C)c(OCc3ccccc3)c(CC(C)C)cc12)[C@H]1C[C@@H](O[Si](C)(C)C(C)(C)C)[C@@]2(O[C@H]2CC)C(=O)O1. The Bertz CT molecular complexity index is 1720. The Morgan fingerprint density at radius 2 is 1.60 bits per heavy atom. The lowest BCUT2D eigenvalue weighted by Gasteiger charge is -2.44. The van der Waals surface area contributed by atoms with Gasteiger partial charge in [0.15, 0.2) is 16.6 Å². The maximum absolute atomic E-state index is 14.1. The number of fused-ring (bicyclic) bond motifs is 1. The highest BCUT2D eigenvalue weighted by Crippen LogP contribution is 2.53. The summed E-state index contributed by atoms with van der Waals surface area (Å²) in [5, 5.41) is 1.08. The molecule has 294 valence electrons. The lowest BCUT2D eigenvalue weighted by molar-refractivity contribution is -0.173. The highest BCUT2D eigenvalue weighted by atomic mass is 28.4. The van der Waals surface area contributed by atoms with Crippen molar-refractivity contribution >= 4 is 33.6 Å². The number of cyclic esters (lactones) is 1. The number of hydrogen-bond donors (Lipinski definition) is 0. The molecule has 7 nitrogen and oxygen atoms in total. The first kappa shape index (κ1) is 41.7. The maximum atomic E-state index is 14.1. The van der Waals surface area contributed by atoms with Crippen molar-refractivity contribution in [1.29, 1.82) is 0 Å². The van der Waals surface area contributed by atoms with Gasteiger partial charge in [-0.15, -0.1) is 0 Å². The molecule has 2 saturated heterocycles. The van der Waals surface area contributed by atoms with Gasteiger partial charge >= 0.3 is 5.97 Å². The number of epoxide rings is 1. The van der Waals surface area contributed by atoms with Gasteiger partial charge in [-0.3, -0.25) is 0 Å². The lowest BCUT2D eigenvalue weighted by Crippen LogP contribution is -2.57. The molecule has 5 rings (SSSR count). The summed E-state index contributed by atoms with van der Waals surface area (Å²) in [6, 6.07) is 12.6. The van der Waals surface area contributed by atoms with Crippen LogP contribution in [-0.2, 0) is 42.8 Å². The summed E-state index contributed by atoms with van der Waals surface area (Å²) in [4.78, 5) is 14.1. The van der Waals surface area contributed by atoms with Crippen LogP contribution in [0.2, 0.25) is 36.3 Å². The van der Waals surface area contributed by atoms with Crippen molar-refractivity contribution in [2.75, 3.05) is 0 Å². The summed E-state index contributed by atoms with van der Waals surface area (Å²) in [5.74, 6) is 0.895. The second-order valence-corrected chi connectivity index (χ2v) is 28.6. The Labute approximate surface area is 322 Å². The van der Waals surface area contributed by atoms with Crippen LogP contribution in [0.1, 0.15) is 123 Å². The van der Waals surface area contributed by atoms with Crippen LogP contribution in [0, 0.1) is 5.92 Å². The Morgan fingerprint density at radius 3 is 2.17 bits per heavy atom. The Kier molecular flexibility index (Phi) is 12.3. The molecule has 1 unspecified atom stereocenters. The molecule has 53 heavy (non-hydrogen) atoms. The van der Waals surface area contributed by atoms with E-state index in [1.54, 1.807) is 0 Å². The van der Waals surface area contributed by atoms with Crippen LogP contribution in [0.5, 0.6) is 5.75 Å². The molecule has 3 heterocycles. The van der Waals surface area contributed by atoms with Crippen LogP contribution in [0.15, 0.2) is 47.1 Å². The van der Waals surface area contributed by atoms with Gasteiger partial charge < -0.3 is 27.5 Å². The lowest BCUT2D eigenvalue weighted by atomic mass is 9.81. The topological polar surface area (TPSA) is 79.7 Å². The molecule has 2 aromatic carbocycles. The second kappa shape index (κ2) is 15.6. The largest absolute Gasteiger partial charge is 0.488 e. The number of benzene rings is 2. The van der Waals surface area contributed by atoms with Crippen molar-refractivity contribution in [2.24, 2.45) is 5.92 Å². The molecule has 0 aliphatic carbocycles. The van der Waals surface area contributed by atoms with Gasteiger partial charge in [0.05, 0.1) is 24.5 Å². The average Bonchev–Trinajstić information content (AvgIpc) is 3.66. The summed E-state index contributed by atoms with van der Waals surface area (Å²) >= 11 is 0. The van der Waals surface area contributed by atoms with Crippen LogP contribution in [0.25, 0.3) is 11.0 Å². The van der Waals surface area contributed by atoms with Crippen LogP contribution in [-0.4, -0.2) is 46.5 Å². The van der Waals surface area contributed by atoms with Gasteiger partial charge in [0, 0.05) is 23.3 Å². The highest BCUT2D eigenvalue weighted by Gasteiger charge is 2.71. The van der Waals surface area contributed by atoms with Gasteiger partial charge in [-0.1, -0.05) is 106 Å². The van der Waals surface area contributed by atoms with Gasteiger partial charge in [0.25, 0.3) is 0 Å². The Balaban J connectivity index is 1.61. The fourth-order valence-corrected chi connectivity index (χ4v) is 9.58. The van der Waals surface area contributed by atoms with Crippen LogP contribution >= 0.6 is 0 Å². The minimum absolute atomic E-state index is 0.0127. The molecule has 1 spiro atoms. The molecule has 2 fully saturated rings. The van der Waals surface area contributed by atoms with E-state index in [0.717, 1.165) is 64.7 Å². The van der Waals surface area contributed by atoms with Crippen molar-refractivity contribution in [2.45, 2.75) is 181 Å². The Hall–Kier alpha value is -2.44. The maximum Gasteiger partial charge on any atom is 0.344 e. The molecule has 1 aromatic heterocycles. The fourth-order valence-electron chi connectivity index (χ4n) is 7.30. The van der Waals surface area contributed by atoms with E-state index in [-0.39, 0.29) is 40.3 Å². The van der Waals surface area contributed by atoms with Crippen molar-refractivity contribution in [3.05, 3.63) is 64.9 Å². The average molecular weight is 765 g/mol. The van der Waals surface area contributed by atoms with E-state index >= 15 is 0 Å². The van der Waals surface area contributed by atoms with Crippen LogP contribution < -0.4 is 4.74 Å². The zero-order valence-corrected chi connectivity index (χ0v) is 37.2. The minimum atomic E-state index is -2.24. The van der Waals surface area contributed by atoms with Crippen molar-refractivity contribution in [3.63, 3.8) is 0 Å². The molecule has 5 atom stereocenters. The van der Waals surface area contributed by atoms with Crippen molar-refractivity contribution in [3.8, 4) is 5.75 Å². The van der Waals surface area contributed by atoms with E-state index in [0.29, 0.717) is 25.6 Å². The summed E-state index contributed by atoms with van der Waals surface area (Å²) in [6.07, 6.45) is 4.93. The standard InChI is InChI=1S/C44H68O7Si2/c1-15-20-32(36-25-38(51-53(13,14)43(8,9)10)44(41(45)49-36)37(16-2)50-44)34-27-47-40-33(34)24-31(23-29(3)4)39(46-26-30-21-18-17-19-22-30)35(40)28-48-52(11,12)42(5,6)7/h17-19,21-22,24,27,29,32,36-38H,15-16,20,23,25-26,28H2,1-14H3/t32?,36-,37+,38-,44-/m1/s1. The van der Waals surface area contributed by atoms with Crippen molar-refractivity contribution < 1.29 is 32.3 Å². The third kappa shape index (κ3) is 8.54. The second-order valence-electron chi connectivity index (χ2n) is 19.1. The van der Waals surface area contributed by atoms with Gasteiger partial charge in [-0.2, -0.15) is 0 Å². The predicted molar refractivity (Wildman–Crippen MR) is 220 cm³/mol. The van der Waals surface area contributed by atoms with E-state index in [2.05, 4.69) is 114 Å². The Morgan fingerprint density at radius 1 is 0.943 bits per heavy atom. The molecule has 0 amide bonds. The van der Waals surface area contributed by atoms with E-state index in [9.17, 15) is 4.79 Å². The molecule has 0 saturated carbocycles. The van der Waals surface area contributed by atoms with Gasteiger partial charge in [-0.05, 0) is 78.6 Å². The number of hydrogen-bond acceptors (Lipinski definition) is 7. The predicted octanol–water partition coefficient (Wildman–Crippen LogP) is 11.9. The first-order valence-electron chi connectivity index (χ1n) is 20.1. The number of carbonyl (C=O) groups is 1. The first-order chi connectivity index (χ1) is 24.7. The third-order valence-electron chi connectivity index (χ3n) is 12.6. The van der Waals surface area contributed by atoms with E-state index in [4.69, 9.17) is 27.5 Å². The summed E-state index contributed by atoms with van der Waals surface area (Å²) in [6.45, 7) is 32.2. The molecule has 0 radical (unpaired) electrons. The monoisotopic (exact) mass is 764 g/mol. The summed E-state index contributed by atoms with van der Waals surface area (Å²) in [7, 11) is -4.38. The third-order valence-corrected chi connectivity index (χ3v) is 21.5. The van der Waals surface area contributed by atoms with E-state index in [1.807, 2.05) is 24.5 Å². The number of rotatable bonds is 15. The van der Waals surface area contributed by atoms with E-state index < -0.39 is 22.2 Å². The molecule has 0 bridgehead atoms. The van der Waals surface area contributed by atoms with Gasteiger partial charge in [-0.25, -0.2) is 4.79 Å².